The number of para-hydroxylation sites is 1. The summed E-state index contributed by atoms with van der Waals surface area (Å²) >= 11 is 0. The Morgan fingerprint density at radius 3 is 2.27 bits per heavy atom. The number of ether oxygens (including phenoxy) is 1. The minimum Gasteiger partial charge on any atom is -0.488 e. The predicted molar refractivity (Wildman–Crippen MR) is 122 cm³/mol. The van der Waals surface area contributed by atoms with Crippen molar-refractivity contribution < 1.29 is 9.53 Å². The summed E-state index contributed by atoms with van der Waals surface area (Å²) < 4.78 is 5.91. The summed E-state index contributed by atoms with van der Waals surface area (Å²) in [7, 11) is 0. The summed E-state index contributed by atoms with van der Waals surface area (Å²) in [5.74, 6) is 0.267. The first-order valence-corrected chi connectivity index (χ1v) is 10.5. The first-order valence-electron chi connectivity index (χ1n) is 10.5. The third-order valence-corrected chi connectivity index (χ3v) is 4.79. The number of carbonyl (C=O) groups is 1. The highest BCUT2D eigenvalue weighted by Gasteiger charge is 2.13. The van der Waals surface area contributed by atoms with E-state index in [1.54, 1.807) is 12.1 Å². The van der Waals surface area contributed by atoms with Gasteiger partial charge < -0.3 is 4.74 Å². The van der Waals surface area contributed by atoms with Gasteiger partial charge >= 0.3 is 0 Å². The molecule has 0 saturated heterocycles. The average molecular weight is 401 g/mol. The second-order valence-corrected chi connectivity index (χ2v) is 7.09. The van der Waals surface area contributed by atoms with Gasteiger partial charge in [0.25, 0.3) is 5.91 Å². The normalized spacial score (nSPS) is 11.2. The highest BCUT2D eigenvalue weighted by Crippen LogP contribution is 2.19. The summed E-state index contributed by atoms with van der Waals surface area (Å²) in [5, 5.41) is 4.46. The van der Waals surface area contributed by atoms with Crippen LogP contribution in [0.25, 0.3) is 0 Å². The molecule has 0 saturated carbocycles. The Balaban J connectivity index is 1.72. The van der Waals surface area contributed by atoms with Crippen LogP contribution < -0.4 is 10.2 Å². The van der Waals surface area contributed by atoms with E-state index in [0.717, 1.165) is 42.5 Å². The lowest BCUT2D eigenvalue weighted by Gasteiger charge is -2.11. The van der Waals surface area contributed by atoms with Crippen molar-refractivity contribution in [2.75, 3.05) is 0 Å². The summed E-state index contributed by atoms with van der Waals surface area (Å²) in [6.07, 6.45) is 4.14. The number of hydrogen-bond acceptors (Lipinski definition) is 3. The standard InChI is InChI=1S/C26H28N2O2/c1-2-3-6-18-24(22-15-9-5-10-16-22)27-28-26(29)23-17-11-12-19-25(23)30-20-21-13-7-4-8-14-21/h4-5,7-17,19H,2-3,6,18,20H2,1H3,(H,28,29)/b27-24-. The Bertz CT molecular complexity index is 953. The van der Waals surface area contributed by atoms with Crippen molar-refractivity contribution in [1.29, 1.82) is 0 Å². The van der Waals surface area contributed by atoms with Crippen LogP contribution in [0.2, 0.25) is 0 Å². The Hall–Kier alpha value is -3.40. The zero-order chi connectivity index (χ0) is 21.0. The van der Waals surface area contributed by atoms with Crippen LogP contribution in [0.5, 0.6) is 5.75 Å². The van der Waals surface area contributed by atoms with Gasteiger partial charge in [-0.1, -0.05) is 92.6 Å². The van der Waals surface area contributed by atoms with Gasteiger partial charge in [0.05, 0.1) is 11.3 Å². The van der Waals surface area contributed by atoms with Crippen LogP contribution in [0.3, 0.4) is 0 Å². The van der Waals surface area contributed by atoms with Gasteiger partial charge in [-0.2, -0.15) is 5.10 Å². The lowest BCUT2D eigenvalue weighted by molar-refractivity contribution is 0.0950. The molecule has 1 amide bonds. The molecule has 1 N–H and O–H groups in total. The molecule has 0 atom stereocenters. The summed E-state index contributed by atoms with van der Waals surface area (Å²) in [6, 6.07) is 27.1. The lowest BCUT2D eigenvalue weighted by atomic mass is 10.0. The summed E-state index contributed by atoms with van der Waals surface area (Å²) in [4.78, 5) is 12.8. The molecule has 30 heavy (non-hydrogen) atoms. The number of benzene rings is 3. The van der Waals surface area contributed by atoms with E-state index in [-0.39, 0.29) is 5.91 Å². The molecule has 0 aliphatic carbocycles. The molecular formula is C26H28N2O2. The molecular weight excluding hydrogens is 372 g/mol. The number of hydrogen-bond donors (Lipinski definition) is 1. The van der Waals surface area contributed by atoms with E-state index in [1.165, 1.54) is 0 Å². The molecule has 0 aromatic heterocycles. The first kappa shape index (κ1) is 21.3. The molecule has 0 fully saturated rings. The summed E-state index contributed by atoms with van der Waals surface area (Å²) in [5.41, 5.74) is 6.17. The highest BCUT2D eigenvalue weighted by atomic mass is 16.5. The van der Waals surface area contributed by atoms with Crippen LogP contribution in [0.4, 0.5) is 0 Å². The van der Waals surface area contributed by atoms with Gasteiger partial charge in [0.1, 0.15) is 12.4 Å². The maximum absolute atomic E-state index is 12.8. The van der Waals surface area contributed by atoms with Crippen LogP contribution in [0, 0.1) is 0 Å². The van der Waals surface area contributed by atoms with E-state index >= 15 is 0 Å². The van der Waals surface area contributed by atoms with Gasteiger partial charge in [-0.15, -0.1) is 0 Å². The number of hydrazone groups is 1. The molecule has 0 unspecified atom stereocenters. The Labute approximate surface area is 178 Å². The number of unbranched alkanes of at least 4 members (excludes halogenated alkanes) is 2. The van der Waals surface area contributed by atoms with Gasteiger partial charge in [0.2, 0.25) is 0 Å². The molecule has 0 bridgehead atoms. The van der Waals surface area contributed by atoms with E-state index in [2.05, 4.69) is 17.5 Å². The van der Waals surface area contributed by atoms with Crippen LogP contribution in [0.1, 0.15) is 54.1 Å². The Morgan fingerprint density at radius 1 is 0.867 bits per heavy atom. The fourth-order valence-electron chi connectivity index (χ4n) is 3.13. The topological polar surface area (TPSA) is 50.7 Å². The van der Waals surface area contributed by atoms with E-state index in [1.807, 2.05) is 72.8 Å². The number of amides is 1. The Kier molecular flexibility index (Phi) is 8.22. The predicted octanol–water partition coefficient (Wildman–Crippen LogP) is 5.98. The molecule has 4 heteroatoms. The lowest BCUT2D eigenvalue weighted by Crippen LogP contribution is -2.21. The zero-order valence-electron chi connectivity index (χ0n) is 17.4. The molecule has 4 nitrogen and oxygen atoms in total. The van der Waals surface area contributed by atoms with Gasteiger partial charge in [-0.05, 0) is 36.1 Å². The zero-order valence-corrected chi connectivity index (χ0v) is 17.4. The fraction of sp³-hybridized carbons (Fsp3) is 0.231. The van der Waals surface area contributed by atoms with E-state index in [4.69, 9.17) is 4.74 Å². The van der Waals surface area contributed by atoms with E-state index in [9.17, 15) is 4.79 Å². The van der Waals surface area contributed by atoms with Crippen molar-refractivity contribution in [3.8, 4) is 5.75 Å². The van der Waals surface area contributed by atoms with Crippen molar-refractivity contribution in [3.63, 3.8) is 0 Å². The monoisotopic (exact) mass is 400 g/mol. The first-order chi connectivity index (χ1) is 14.8. The van der Waals surface area contributed by atoms with Gasteiger partial charge in [0, 0.05) is 0 Å². The second kappa shape index (κ2) is 11.6. The quantitative estimate of drug-likeness (QED) is 0.258. The van der Waals surface area contributed by atoms with Crippen molar-refractivity contribution in [3.05, 3.63) is 102 Å². The molecule has 154 valence electrons. The van der Waals surface area contributed by atoms with Crippen molar-refractivity contribution in [1.82, 2.24) is 5.43 Å². The fourth-order valence-corrected chi connectivity index (χ4v) is 3.13. The third-order valence-electron chi connectivity index (χ3n) is 4.79. The third kappa shape index (κ3) is 6.31. The van der Waals surface area contributed by atoms with Crippen LogP contribution in [-0.4, -0.2) is 11.6 Å². The molecule has 3 aromatic carbocycles. The summed E-state index contributed by atoms with van der Waals surface area (Å²) in [6.45, 7) is 2.58. The minimum atomic E-state index is -0.275. The van der Waals surface area contributed by atoms with Crippen molar-refractivity contribution in [2.45, 2.75) is 39.2 Å². The molecule has 0 radical (unpaired) electrons. The number of carbonyl (C=O) groups excluding carboxylic acids is 1. The van der Waals surface area contributed by atoms with Gasteiger partial charge in [-0.3, -0.25) is 4.79 Å². The molecule has 0 spiro atoms. The van der Waals surface area contributed by atoms with Crippen LogP contribution >= 0.6 is 0 Å². The number of nitrogens with one attached hydrogen (secondary N) is 1. The molecule has 0 aliphatic rings. The Morgan fingerprint density at radius 2 is 1.53 bits per heavy atom. The van der Waals surface area contributed by atoms with E-state index in [0.29, 0.717) is 17.9 Å². The largest absolute Gasteiger partial charge is 0.488 e. The maximum atomic E-state index is 12.8. The van der Waals surface area contributed by atoms with Crippen molar-refractivity contribution >= 4 is 11.6 Å². The van der Waals surface area contributed by atoms with Crippen LogP contribution in [-0.2, 0) is 6.61 Å². The minimum absolute atomic E-state index is 0.275. The van der Waals surface area contributed by atoms with Crippen LogP contribution in [0.15, 0.2) is 90.0 Å². The molecule has 3 aromatic rings. The second-order valence-electron chi connectivity index (χ2n) is 7.09. The molecule has 0 aliphatic heterocycles. The van der Waals surface area contributed by atoms with E-state index < -0.39 is 0 Å². The van der Waals surface area contributed by atoms with Crippen molar-refractivity contribution in [2.24, 2.45) is 5.10 Å². The molecule has 0 heterocycles. The van der Waals surface area contributed by atoms with Gasteiger partial charge in [0.15, 0.2) is 0 Å². The SMILES string of the molecule is CCCCC/C(=N/NC(=O)c1ccccc1OCc1ccccc1)c1ccccc1. The molecule has 3 rings (SSSR count). The maximum Gasteiger partial charge on any atom is 0.275 e. The number of nitrogens with zero attached hydrogens (tertiary/aromatic N) is 1. The van der Waals surface area contributed by atoms with Gasteiger partial charge in [-0.25, -0.2) is 5.43 Å². The highest BCUT2D eigenvalue weighted by molar-refractivity contribution is 6.02. The number of rotatable bonds is 10. The average Bonchev–Trinajstić information content (AvgIpc) is 2.81. The smallest absolute Gasteiger partial charge is 0.275 e.